The monoisotopic (exact) mass is 230 g/mol. The summed E-state index contributed by atoms with van der Waals surface area (Å²) in [4.78, 5) is 10.8. The number of ether oxygens (including phenoxy) is 4. The van der Waals surface area contributed by atoms with E-state index < -0.39 is 24.8 Å². The molecule has 0 aliphatic rings. The van der Waals surface area contributed by atoms with Crippen molar-refractivity contribution in [2.45, 2.75) is 39.6 Å². The molecule has 0 radical (unpaired) electrons. The molecule has 0 aliphatic heterocycles. The topological polar surface area (TPSA) is 54.0 Å². The summed E-state index contributed by atoms with van der Waals surface area (Å²) in [6.07, 6.45) is 0.585. The van der Waals surface area contributed by atoms with Crippen molar-refractivity contribution in [3.63, 3.8) is 0 Å². The maximum absolute atomic E-state index is 10.8. The number of hydrogen-bond acceptors (Lipinski definition) is 5. The van der Waals surface area contributed by atoms with Crippen molar-refractivity contribution in [3.8, 4) is 0 Å². The lowest BCUT2D eigenvalue weighted by Crippen LogP contribution is -2.27. The zero-order chi connectivity index (χ0) is 12.6. The Balaban J connectivity index is 3.85. The second-order valence-electron chi connectivity index (χ2n) is 2.92. The molecule has 0 rings (SSSR count). The van der Waals surface area contributed by atoms with Crippen LogP contribution in [-0.2, 0) is 23.7 Å². The summed E-state index contributed by atoms with van der Waals surface area (Å²) in [6.45, 7) is 11.6. The molecule has 0 fully saturated rings. The standard InChI is InChI=1S/C11H18O5/c1-6-11(12)16-10(5)15-9(4)14-8(3)13-7-2/h6-10H,1-2H2,3-5H3. The molecule has 0 N–H and O–H groups in total. The lowest BCUT2D eigenvalue weighted by molar-refractivity contribution is -0.265. The molecule has 16 heavy (non-hydrogen) atoms. The predicted octanol–water partition coefficient (Wildman–Crippen LogP) is 1.95. The van der Waals surface area contributed by atoms with Gasteiger partial charge in [-0.1, -0.05) is 13.2 Å². The molecule has 0 saturated carbocycles. The summed E-state index contributed by atoms with van der Waals surface area (Å²) in [6, 6.07) is 0. The molecule has 92 valence electrons. The van der Waals surface area contributed by atoms with Crippen LogP contribution >= 0.6 is 0 Å². The molecule has 5 heteroatoms. The van der Waals surface area contributed by atoms with Gasteiger partial charge < -0.3 is 18.9 Å². The minimum absolute atomic E-state index is 0.477. The highest BCUT2D eigenvalue weighted by molar-refractivity contribution is 5.81. The van der Waals surface area contributed by atoms with E-state index in [4.69, 9.17) is 18.9 Å². The zero-order valence-corrected chi connectivity index (χ0v) is 9.84. The molecule has 3 unspecified atom stereocenters. The van der Waals surface area contributed by atoms with E-state index in [1.807, 2.05) is 0 Å². The van der Waals surface area contributed by atoms with Crippen LogP contribution in [-0.4, -0.2) is 24.8 Å². The van der Waals surface area contributed by atoms with Crippen LogP contribution in [0.15, 0.2) is 25.5 Å². The fraction of sp³-hybridized carbons (Fsp3) is 0.545. The van der Waals surface area contributed by atoms with Gasteiger partial charge in [-0.25, -0.2) is 4.79 Å². The SMILES string of the molecule is C=COC(C)OC(C)OC(C)OC(=O)C=C. The van der Waals surface area contributed by atoms with Crippen LogP contribution in [0.4, 0.5) is 0 Å². The lowest BCUT2D eigenvalue weighted by atomic mass is 10.6. The molecule has 0 saturated heterocycles. The largest absolute Gasteiger partial charge is 0.473 e. The van der Waals surface area contributed by atoms with Crippen LogP contribution in [0.25, 0.3) is 0 Å². The van der Waals surface area contributed by atoms with Gasteiger partial charge in [-0.05, 0) is 20.8 Å². The molecule has 0 spiro atoms. The Labute approximate surface area is 95.6 Å². The average molecular weight is 230 g/mol. The summed E-state index contributed by atoms with van der Waals surface area (Å²) < 4.78 is 20.2. The van der Waals surface area contributed by atoms with Gasteiger partial charge in [0.2, 0.25) is 6.29 Å². The first kappa shape index (κ1) is 14.7. The molecule has 0 aliphatic carbocycles. The third-order valence-electron chi connectivity index (χ3n) is 1.50. The van der Waals surface area contributed by atoms with Crippen molar-refractivity contribution in [2.24, 2.45) is 0 Å². The highest BCUT2D eigenvalue weighted by Crippen LogP contribution is 2.06. The number of rotatable bonds is 8. The third kappa shape index (κ3) is 7.03. The van der Waals surface area contributed by atoms with E-state index in [1.165, 1.54) is 6.26 Å². The van der Waals surface area contributed by atoms with Crippen molar-refractivity contribution in [2.75, 3.05) is 0 Å². The van der Waals surface area contributed by atoms with Gasteiger partial charge in [-0.2, -0.15) is 0 Å². The first-order chi connectivity index (χ1) is 7.49. The minimum atomic E-state index is -0.712. The van der Waals surface area contributed by atoms with E-state index in [0.29, 0.717) is 0 Å². The van der Waals surface area contributed by atoms with Crippen LogP contribution in [0.2, 0.25) is 0 Å². The van der Waals surface area contributed by atoms with Crippen LogP contribution in [0, 0.1) is 0 Å². The molecular formula is C11H18O5. The van der Waals surface area contributed by atoms with Gasteiger partial charge in [0.05, 0.1) is 6.26 Å². The molecule has 0 aromatic heterocycles. The second kappa shape index (κ2) is 7.90. The predicted molar refractivity (Wildman–Crippen MR) is 58.1 cm³/mol. The van der Waals surface area contributed by atoms with Crippen molar-refractivity contribution in [1.82, 2.24) is 0 Å². The average Bonchev–Trinajstić information content (AvgIpc) is 2.16. The Morgan fingerprint density at radius 3 is 2.12 bits per heavy atom. The van der Waals surface area contributed by atoms with Gasteiger partial charge in [0.25, 0.3) is 0 Å². The Bertz CT molecular complexity index is 239. The molecule has 0 aromatic carbocycles. The van der Waals surface area contributed by atoms with Gasteiger partial charge in [-0.15, -0.1) is 0 Å². The van der Waals surface area contributed by atoms with Crippen molar-refractivity contribution < 1.29 is 23.7 Å². The molecule has 5 nitrogen and oxygen atoms in total. The highest BCUT2D eigenvalue weighted by Gasteiger charge is 2.14. The van der Waals surface area contributed by atoms with Crippen LogP contribution in [0.1, 0.15) is 20.8 Å². The first-order valence-corrected chi connectivity index (χ1v) is 4.90. The lowest BCUT2D eigenvalue weighted by Gasteiger charge is -2.21. The Kier molecular flexibility index (Phi) is 7.24. The molecule has 0 bridgehead atoms. The molecule has 0 amide bonds. The summed E-state index contributed by atoms with van der Waals surface area (Å²) in [5.74, 6) is -0.546. The van der Waals surface area contributed by atoms with Crippen molar-refractivity contribution >= 4 is 5.97 Å². The summed E-state index contributed by atoms with van der Waals surface area (Å²) in [5, 5.41) is 0. The fourth-order valence-electron chi connectivity index (χ4n) is 0.979. The third-order valence-corrected chi connectivity index (χ3v) is 1.50. The van der Waals surface area contributed by atoms with Gasteiger partial charge in [0.1, 0.15) is 0 Å². The minimum Gasteiger partial charge on any atom is -0.473 e. The second-order valence-corrected chi connectivity index (χ2v) is 2.92. The van der Waals surface area contributed by atoms with Gasteiger partial charge in [-0.3, -0.25) is 0 Å². The van der Waals surface area contributed by atoms with E-state index in [-0.39, 0.29) is 0 Å². The maximum atomic E-state index is 10.8. The Morgan fingerprint density at radius 2 is 1.62 bits per heavy atom. The summed E-state index contributed by atoms with van der Waals surface area (Å²) in [5.41, 5.74) is 0. The number of carbonyl (C=O) groups is 1. The quantitative estimate of drug-likeness (QED) is 0.276. The number of hydrogen-bond donors (Lipinski definition) is 0. The van der Waals surface area contributed by atoms with E-state index in [9.17, 15) is 4.79 Å². The number of carbonyl (C=O) groups excluding carboxylic acids is 1. The van der Waals surface area contributed by atoms with E-state index in [0.717, 1.165) is 6.08 Å². The summed E-state index contributed by atoms with van der Waals surface area (Å²) >= 11 is 0. The van der Waals surface area contributed by atoms with Crippen molar-refractivity contribution in [3.05, 3.63) is 25.5 Å². The van der Waals surface area contributed by atoms with E-state index >= 15 is 0 Å². The Morgan fingerprint density at radius 1 is 1.06 bits per heavy atom. The normalized spacial score (nSPS) is 15.7. The smallest absolute Gasteiger partial charge is 0.332 e. The Hall–Kier alpha value is -1.33. The van der Waals surface area contributed by atoms with Gasteiger partial charge in [0.15, 0.2) is 12.6 Å². The van der Waals surface area contributed by atoms with Crippen LogP contribution in [0.5, 0.6) is 0 Å². The summed E-state index contributed by atoms with van der Waals surface area (Å²) in [7, 11) is 0. The van der Waals surface area contributed by atoms with Gasteiger partial charge in [0, 0.05) is 6.08 Å². The molecular weight excluding hydrogens is 212 g/mol. The fourth-order valence-corrected chi connectivity index (χ4v) is 0.979. The molecule has 0 aromatic rings. The molecule has 3 atom stereocenters. The van der Waals surface area contributed by atoms with E-state index in [1.54, 1.807) is 20.8 Å². The van der Waals surface area contributed by atoms with Gasteiger partial charge >= 0.3 is 5.97 Å². The maximum Gasteiger partial charge on any atom is 0.332 e. The van der Waals surface area contributed by atoms with Crippen LogP contribution in [0.3, 0.4) is 0 Å². The van der Waals surface area contributed by atoms with Crippen molar-refractivity contribution in [1.29, 1.82) is 0 Å². The van der Waals surface area contributed by atoms with E-state index in [2.05, 4.69) is 13.2 Å². The first-order valence-electron chi connectivity index (χ1n) is 4.90. The van der Waals surface area contributed by atoms with Crippen LogP contribution < -0.4 is 0 Å². The molecule has 0 heterocycles. The highest BCUT2D eigenvalue weighted by atomic mass is 16.8. The zero-order valence-electron chi connectivity index (χ0n) is 9.84. The number of esters is 1.